The molecule has 8 heteroatoms. The first kappa shape index (κ1) is 10.9. The molecule has 0 aromatic carbocycles. The predicted octanol–water partition coefficient (Wildman–Crippen LogP) is -0.477. The third-order valence-corrected chi connectivity index (χ3v) is 3.58. The Morgan fingerprint density at radius 3 is 2.69 bits per heavy atom. The van der Waals surface area contributed by atoms with E-state index in [0.717, 1.165) is 0 Å². The summed E-state index contributed by atoms with van der Waals surface area (Å²) in [4.78, 5) is 0. The molecule has 0 aromatic rings. The molecular formula is C8H12O7S. The van der Waals surface area contributed by atoms with Gasteiger partial charge in [0.05, 0.1) is 6.61 Å². The van der Waals surface area contributed by atoms with Crippen molar-refractivity contribution in [3.8, 4) is 0 Å². The highest BCUT2D eigenvalue weighted by molar-refractivity contribution is 7.81. The molecule has 7 nitrogen and oxygen atoms in total. The normalized spacial score (nSPS) is 48.6. The molecule has 0 spiro atoms. The minimum Gasteiger partial charge on any atom is -0.341 e. The second-order valence-electron chi connectivity index (χ2n) is 4.40. The monoisotopic (exact) mass is 252 g/mol. The van der Waals surface area contributed by atoms with Gasteiger partial charge in [-0.1, -0.05) is 0 Å². The molecular weight excluding hydrogens is 240 g/mol. The van der Waals surface area contributed by atoms with Crippen molar-refractivity contribution in [2.24, 2.45) is 0 Å². The zero-order valence-corrected chi connectivity index (χ0v) is 9.60. The number of rotatable bonds is 0. The zero-order valence-electron chi connectivity index (χ0n) is 8.78. The van der Waals surface area contributed by atoms with Crippen LogP contribution < -0.4 is 0 Å². The Bertz CT molecular complexity index is 403. The van der Waals surface area contributed by atoms with Crippen LogP contribution in [0.3, 0.4) is 0 Å². The van der Waals surface area contributed by atoms with Crippen LogP contribution in [-0.4, -0.2) is 45.4 Å². The first-order chi connectivity index (χ1) is 7.36. The molecule has 0 bridgehead atoms. The summed E-state index contributed by atoms with van der Waals surface area (Å²) in [5.74, 6) is -0.786. The second kappa shape index (κ2) is 3.15. The summed E-state index contributed by atoms with van der Waals surface area (Å²) < 4.78 is 48.1. The highest BCUT2D eigenvalue weighted by Crippen LogP contribution is 2.40. The first-order valence-corrected chi connectivity index (χ1v) is 6.28. The van der Waals surface area contributed by atoms with Crippen LogP contribution >= 0.6 is 0 Å². The van der Waals surface area contributed by atoms with Crippen molar-refractivity contribution in [3.63, 3.8) is 0 Å². The molecule has 0 N–H and O–H groups in total. The van der Waals surface area contributed by atoms with Crippen molar-refractivity contribution in [1.29, 1.82) is 0 Å². The van der Waals surface area contributed by atoms with Crippen molar-refractivity contribution < 1.29 is 31.0 Å². The van der Waals surface area contributed by atoms with Gasteiger partial charge in [-0.05, 0) is 13.8 Å². The van der Waals surface area contributed by atoms with Gasteiger partial charge in [0.1, 0.15) is 18.3 Å². The Morgan fingerprint density at radius 1 is 1.19 bits per heavy atom. The quantitative estimate of drug-likeness (QED) is 0.576. The van der Waals surface area contributed by atoms with Crippen molar-refractivity contribution in [2.75, 3.05) is 6.61 Å². The minimum atomic E-state index is -3.93. The van der Waals surface area contributed by atoms with E-state index in [9.17, 15) is 8.42 Å². The van der Waals surface area contributed by atoms with Gasteiger partial charge in [0.15, 0.2) is 12.1 Å². The molecule has 3 heterocycles. The Hall–Kier alpha value is -0.250. The summed E-state index contributed by atoms with van der Waals surface area (Å²) in [5, 5.41) is 0. The van der Waals surface area contributed by atoms with Gasteiger partial charge in [-0.15, -0.1) is 0 Å². The van der Waals surface area contributed by atoms with Crippen LogP contribution in [0.4, 0.5) is 0 Å². The van der Waals surface area contributed by atoms with E-state index in [2.05, 4.69) is 4.18 Å². The molecule has 0 radical (unpaired) electrons. The Morgan fingerprint density at radius 2 is 1.94 bits per heavy atom. The maximum atomic E-state index is 11.1. The number of fused-ring (bicyclic) bond motifs is 3. The van der Waals surface area contributed by atoms with E-state index in [1.807, 2.05) is 0 Å². The summed E-state index contributed by atoms with van der Waals surface area (Å²) in [7, 11) is -3.93. The van der Waals surface area contributed by atoms with Crippen molar-refractivity contribution in [1.82, 2.24) is 0 Å². The standard InChI is InChI=1S/C8H12O7S/c1-8(2)13-6-5-4(12-7(6)14-8)3-11-16(9,10)15-5/h4-7H,3H2,1-2H3/t4-,5+,6-,7-/m1/s1. The number of hydrogen-bond acceptors (Lipinski definition) is 7. The molecule has 92 valence electrons. The third kappa shape index (κ3) is 1.66. The van der Waals surface area contributed by atoms with Crippen LogP contribution in [-0.2, 0) is 33.0 Å². The lowest BCUT2D eigenvalue weighted by atomic mass is 10.1. The van der Waals surface area contributed by atoms with E-state index in [1.165, 1.54) is 0 Å². The topological polar surface area (TPSA) is 80.3 Å². The molecule has 0 unspecified atom stereocenters. The fraction of sp³-hybridized carbons (Fsp3) is 1.00. The highest BCUT2D eigenvalue weighted by atomic mass is 32.3. The van der Waals surface area contributed by atoms with Gasteiger partial charge in [-0.2, -0.15) is 8.42 Å². The van der Waals surface area contributed by atoms with E-state index < -0.39 is 40.8 Å². The molecule has 0 aliphatic carbocycles. The lowest BCUT2D eigenvalue weighted by Crippen LogP contribution is -2.44. The van der Waals surface area contributed by atoms with Crippen LogP contribution in [0.2, 0.25) is 0 Å². The van der Waals surface area contributed by atoms with E-state index >= 15 is 0 Å². The number of hydrogen-bond donors (Lipinski definition) is 0. The highest BCUT2D eigenvalue weighted by Gasteiger charge is 2.58. The van der Waals surface area contributed by atoms with Crippen molar-refractivity contribution >= 4 is 10.4 Å². The zero-order chi connectivity index (χ0) is 11.6. The molecule has 0 amide bonds. The fourth-order valence-electron chi connectivity index (χ4n) is 2.11. The van der Waals surface area contributed by atoms with E-state index in [0.29, 0.717) is 0 Å². The van der Waals surface area contributed by atoms with Gasteiger partial charge >= 0.3 is 10.4 Å². The average Bonchev–Trinajstić information content (AvgIpc) is 2.57. The lowest BCUT2D eigenvalue weighted by molar-refractivity contribution is -0.219. The third-order valence-electron chi connectivity index (χ3n) is 2.69. The van der Waals surface area contributed by atoms with Gasteiger partial charge < -0.3 is 14.2 Å². The summed E-state index contributed by atoms with van der Waals surface area (Å²) in [6.45, 7) is 3.40. The molecule has 3 rings (SSSR count). The van der Waals surface area contributed by atoms with Crippen LogP contribution in [0, 0.1) is 0 Å². The minimum absolute atomic E-state index is 0.0624. The maximum Gasteiger partial charge on any atom is 0.400 e. The second-order valence-corrected chi connectivity index (χ2v) is 5.64. The van der Waals surface area contributed by atoms with E-state index in [1.54, 1.807) is 13.8 Å². The predicted molar refractivity (Wildman–Crippen MR) is 48.4 cm³/mol. The van der Waals surface area contributed by atoms with Gasteiger partial charge in [0, 0.05) is 0 Å². The maximum absolute atomic E-state index is 11.1. The molecule has 0 saturated carbocycles. The molecule has 4 atom stereocenters. The van der Waals surface area contributed by atoms with Gasteiger partial charge in [-0.25, -0.2) is 8.37 Å². The first-order valence-electron chi connectivity index (χ1n) is 4.95. The van der Waals surface area contributed by atoms with Gasteiger partial charge in [0.2, 0.25) is 0 Å². The molecule has 3 aliphatic rings. The number of ether oxygens (including phenoxy) is 3. The average molecular weight is 252 g/mol. The summed E-state index contributed by atoms with van der Waals surface area (Å²) in [6, 6.07) is 0. The fourth-order valence-corrected chi connectivity index (χ4v) is 2.97. The van der Waals surface area contributed by atoms with Crippen molar-refractivity contribution in [3.05, 3.63) is 0 Å². The molecule has 16 heavy (non-hydrogen) atoms. The lowest BCUT2D eigenvalue weighted by Gasteiger charge is -2.27. The van der Waals surface area contributed by atoms with Crippen molar-refractivity contribution in [2.45, 2.75) is 44.2 Å². The Labute approximate surface area is 92.9 Å². The summed E-state index contributed by atoms with van der Waals surface area (Å²) in [6.07, 6.45) is -2.28. The summed E-state index contributed by atoms with van der Waals surface area (Å²) >= 11 is 0. The van der Waals surface area contributed by atoms with E-state index in [-0.39, 0.29) is 6.61 Å². The van der Waals surface area contributed by atoms with Crippen LogP contribution in [0.25, 0.3) is 0 Å². The Kier molecular flexibility index (Phi) is 2.14. The van der Waals surface area contributed by atoms with Crippen LogP contribution in [0.15, 0.2) is 0 Å². The van der Waals surface area contributed by atoms with Gasteiger partial charge in [0.25, 0.3) is 0 Å². The van der Waals surface area contributed by atoms with Crippen LogP contribution in [0.5, 0.6) is 0 Å². The van der Waals surface area contributed by atoms with Crippen LogP contribution in [0.1, 0.15) is 13.8 Å². The molecule has 3 fully saturated rings. The molecule has 3 aliphatic heterocycles. The smallest absolute Gasteiger partial charge is 0.341 e. The largest absolute Gasteiger partial charge is 0.400 e. The molecule has 0 aromatic heterocycles. The Balaban J connectivity index is 1.83. The molecule has 3 saturated heterocycles. The van der Waals surface area contributed by atoms with E-state index in [4.69, 9.17) is 18.4 Å². The SMILES string of the molecule is CC1(C)O[C@H]2O[C@@H]3COS(=O)(=O)O[C@@H]3[C@H]2O1. The van der Waals surface area contributed by atoms with Gasteiger partial charge in [-0.3, -0.25) is 0 Å². The summed E-state index contributed by atoms with van der Waals surface area (Å²) in [5.41, 5.74) is 0.